The third-order valence-corrected chi connectivity index (χ3v) is 14.6. The molecule has 4 aliphatic rings. The average Bonchev–Trinajstić information content (AvgIpc) is 4.04. The van der Waals surface area contributed by atoms with Crippen LogP contribution in [0, 0.1) is 29.1 Å². The second kappa shape index (κ2) is 16.8. The monoisotopic (exact) mass is 833 g/mol. The number of amides is 2. The molecule has 0 bridgehead atoms. The van der Waals surface area contributed by atoms with Crippen molar-refractivity contribution >= 4 is 44.4 Å². The number of hydrogen-bond donors (Lipinski definition) is 1. The second-order valence-corrected chi connectivity index (χ2v) is 19.3. The summed E-state index contributed by atoms with van der Waals surface area (Å²) >= 11 is 0. The molecule has 3 fully saturated rings. The van der Waals surface area contributed by atoms with Gasteiger partial charge in [-0.2, -0.15) is 13.2 Å². The van der Waals surface area contributed by atoms with Crippen molar-refractivity contribution in [1.29, 1.82) is 0 Å². The molecule has 2 saturated carbocycles. The largest absolute Gasteiger partial charge is 0.491 e. The summed E-state index contributed by atoms with van der Waals surface area (Å²) < 4.78 is 85.0. The van der Waals surface area contributed by atoms with Crippen molar-refractivity contribution < 1.29 is 55.0 Å². The van der Waals surface area contributed by atoms with E-state index < -0.39 is 92.4 Å². The number of carbonyl (C=O) groups is 4. The number of Topliss-reactive ketones (excluding diaryl/α,β-unsaturated/α-hetero) is 1. The first-order valence-corrected chi connectivity index (χ1v) is 21.8. The number of allylic oxidation sites excluding steroid dienone is 2. The molecule has 0 spiro atoms. The lowest BCUT2D eigenvalue weighted by Gasteiger charge is -2.32. The Bertz CT molecular complexity index is 2040. The zero-order valence-electron chi connectivity index (χ0n) is 33.7. The van der Waals surface area contributed by atoms with Gasteiger partial charge in [0.2, 0.25) is 27.7 Å². The van der Waals surface area contributed by atoms with Gasteiger partial charge in [-0.1, -0.05) is 51.1 Å². The van der Waals surface area contributed by atoms with Crippen LogP contribution >= 0.6 is 0 Å². The van der Waals surface area contributed by atoms with Crippen LogP contribution in [0.15, 0.2) is 42.6 Å². The summed E-state index contributed by atoms with van der Waals surface area (Å²) in [5, 5.41) is 1.38. The van der Waals surface area contributed by atoms with Crippen molar-refractivity contribution in [2.75, 3.05) is 13.2 Å². The summed E-state index contributed by atoms with van der Waals surface area (Å²) in [6.45, 7) is 8.36. The van der Waals surface area contributed by atoms with Gasteiger partial charge in [0, 0.05) is 23.6 Å². The number of aromatic nitrogens is 1. The Morgan fingerprint density at radius 3 is 2.48 bits per heavy atom. The molecular weight excluding hydrogens is 780 g/mol. The van der Waals surface area contributed by atoms with Gasteiger partial charge >= 0.3 is 12.1 Å². The van der Waals surface area contributed by atoms with Crippen molar-refractivity contribution in [3.05, 3.63) is 42.6 Å². The zero-order valence-corrected chi connectivity index (χ0v) is 34.5. The predicted molar refractivity (Wildman–Crippen MR) is 208 cm³/mol. The molecule has 2 amide bonds. The van der Waals surface area contributed by atoms with Crippen molar-refractivity contribution in [2.24, 2.45) is 29.1 Å². The van der Waals surface area contributed by atoms with Gasteiger partial charge in [0.05, 0.1) is 47.9 Å². The topological polar surface area (TPSA) is 158 Å². The van der Waals surface area contributed by atoms with Crippen molar-refractivity contribution in [3.8, 4) is 11.6 Å². The van der Waals surface area contributed by atoms with Crippen LogP contribution in [0.3, 0.4) is 0 Å². The van der Waals surface area contributed by atoms with E-state index in [2.05, 4.69) is 9.71 Å². The Morgan fingerprint density at radius 2 is 1.81 bits per heavy atom. The van der Waals surface area contributed by atoms with Gasteiger partial charge in [0.25, 0.3) is 0 Å². The fourth-order valence-corrected chi connectivity index (χ4v) is 9.63. The first kappa shape index (κ1) is 43.4. The van der Waals surface area contributed by atoms with Gasteiger partial charge in [-0.05, 0) is 82.6 Å². The number of carbonyl (C=O) groups excluding carboxylic acids is 4. The van der Waals surface area contributed by atoms with Crippen LogP contribution in [0.25, 0.3) is 10.8 Å². The van der Waals surface area contributed by atoms with E-state index in [0.717, 1.165) is 18.7 Å². The van der Waals surface area contributed by atoms with Crippen LogP contribution in [-0.2, 0) is 33.9 Å². The van der Waals surface area contributed by atoms with Gasteiger partial charge in [-0.25, -0.2) is 13.4 Å². The van der Waals surface area contributed by atoms with Crippen LogP contribution in [0.1, 0.15) is 98.8 Å². The minimum atomic E-state index is -4.80. The molecule has 2 aromatic rings. The Balaban J connectivity index is 1.34. The van der Waals surface area contributed by atoms with Crippen molar-refractivity contribution in [3.63, 3.8) is 0 Å². The van der Waals surface area contributed by atoms with Gasteiger partial charge in [-0.15, -0.1) is 0 Å². The Kier molecular flexibility index (Phi) is 12.6. The van der Waals surface area contributed by atoms with E-state index >= 15 is 0 Å². The van der Waals surface area contributed by atoms with E-state index in [1.807, 2.05) is 50.3 Å². The minimum absolute atomic E-state index is 0.0176. The van der Waals surface area contributed by atoms with Crippen LogP contribution in [0.4, 0.5) is 13.2 Å². The number of alkyl halides is 3. The lowest BCUT2D eigenvalue weighted by atomic mass is 9.82. The highest BCUT2D eigenvalue weighted by Crippen LogP contribution is 2.58. The summed E-state index contributed by atoms with van der Waals surface area (Å²) in [4.78, 5) is 62.3. The maximum Gasteiger partial charge on any atom is 0.425 e. The smallest absolute Gasteiger partial charge is 0.425 e. The molecular formula is C42H54F3N3O9S. The summed E-state index contributed by atoms with van der Waals surface area (Å²) in [6.07, 6.45) is -0.152. The molecule has 8 atom stereocenters. The molecule has 1 aromatic carbocycles. The van der Waals surface area contributed by atoms with Crippen LogP contribution < -0.4 is 14.2 Å². The van der Waals surface area contributed by atoms with Crippen LogP contribution in [0.5, 0.6) is 11.6 Å². The van der Waals surface area contributed by atoms with E-state index in [0.29, 0.717) is 49.8 Å². The highest BCUT2D eigenvalue weighted by atomic mass is 32.2. The molecule has 0 radical (unpaired) electrons. The maximum absolute atomic E-state index is 14.8. The third kappa shape index (κ3) is 9.31. The molecule has 1 N–H and O–H groups in total. The number of esters is 1. The molecule has 0 unspecified atom stereocenters. The summed E-state index contributed by atoms with van der Waals surface area (Å²) in [6, 6.07) is 6.17. The second-order valence-electron chi connectivity index (χ2n) is 17.1. The summed E-state index contributed by atoms with van der Waals surface area (Å²) in [5.74, 6) is -4.32. The van der Waals surface area contributed by atoms with Gasteiger partial charge in [-0.3, -0.25) is 23.9 Å². The Morgan fingerprint density at radius 1 is 1.10 bits per heavy atom. The number of ketones is 1. The molecule has 2 aliphatic heterocycles. The number of halogens is 3. The highest BCUT2D eigenvalue weighted by molar-refractivity contribution is 7.91. The fourth-order valence-electron chi connectivity index (χ4n) is 8.30. The number of fused-ring (bicyclic) bond motifs is 3. The summed E-state index contributed by atoms with van der Waals surface area (Å²) in [7, 11) is -4.03. The molecule has 12 nitrogen and oxygen atoms in total. The molecule has 3 heterocycles. The van der Waals surface area contributed by atoms with Crippen molar-refractivity contribution in [1.82, 2.24) is 14.6 Å². The zero-order chi connectivity index (χ0) is 42.2. The lowest BCUT2D eigenvalue weighted by molar-refractivity contribution is -0.216. The highest BCUT2D eigenvalue weighted by Gasteiger charge is 2.63. The minimum Gasteiger partial charge on any atom is -0.491 e. The van der Waals surface area contributed by atoms with Crippen molar-refractivity contribution in [2.45, 2.75) is 128 Å². The van der Waals surface area contributed by atoms with Gasteiger partial charge < -0.3 is 19.1 Å². The third-order valence-electron chi connectivity index (χ3n) is 12.4. The molecule has 1 aromatic heterocycles. The van der Waals surface area contributed by atoms with Gasteiger partial charge in [0.15, 0.2) is 11.9 Å². The number of benzene rings is 1. The first-order valence-electron chi connectivity index (χ1n) is 20.3. The Hall–Kier alpha value is -4.21. The molecule has 16 heteroatoms. The number of hydrogen-bond acceptors (Lipinski definition) is 10. The van der Waals surface area contributed by atoms with Crippen LogP contribution in [0.2, 0.25) is 0 Å². The van der Waals surface area contributed by atoms with E-state index in [1.165, 1.54) is 4.90 Å². The first-order chi connectivity index (χ1) is 27.3. The quantitative estimate of drug-likeness (QED) is 0.188. The van der Waals surface area contributed by atoms with E-state index in [-0.39, 0.29) is 37.6 Å². The van der Waals surface area contributed by atoms with E-state index in [9.17, 15) is 40.8 Å². The summed E-state index contributed by atoms with van der Waals surface area (Å²) in [5.41, 5.74) is -1.37. The maximum atomic E-state index is 14.8. The molecule has 58 heavy (non-hydrogen) atoms. The normalized spacial score (nSPS) is 29.9. The molecule has 1 saturated heterocycles. The predicted octanol–water partition coefficient (Wildman–Crippen LogP) is 6.85. The van der Waals surface area contributed by atoms with Gasteiger partial charge in [0.1, 0.15) is 11.9 Å². The number of nitrogens with zero attached hydrogens (tertiary/aromatic N) is 2. The number of rotatable bonds is 11. The fraction of sp³-hybridized carbons (Fsp3) is 0.643. The number of sulfonamides is 1. The molecule has 318 valence electrons. The number of pyridine rings is 1. The van der Waals surface area contributed by atoms with E-state index in [4.69, 9.17) is 14.2 Å². The standard InChI is InChI=1S/C42H54F3N3O9S/c1-6-17-55-35-23-46-37(31-14-10-9-13-30(31)35)57-29-19-33-34(49)22-41(39(52)47-58(53,54)40(5)15-16-40)21-28(41)12-8-7-11-25(2)18-26(3)32(38(51)48(33)24-29)20-36(50)56-27(4)42(43,44)45/h8-10,12-14,23,25-29,32-33H,6-7,11,15-22,24H2,1-5H3,(H,47,52)/b12-8-/t25-,26+,27+,28+,29+,32-,33-,41+/m0/s1. The lowest BCUT2D eigenvalue weighted by Crippen LogP contribution is -2.48. The Labute approximate surface area is 337 Å². The molecule has 2 aliphatic carbocycles. The SMILES string of the molecule is CCCOc1cnc(O[C@@H]2C[C@H]3C(=O)C[C@]4(C(=O)NS(=O)(=O)C5(C)CC5)C[C@H]4/C=C\CC[C@H](C)C[C@@H](C)[C@H](CC(=O)O[C@H](C)C(F)(F)F)C(=O)N3C2)c2ccccc12. The number of nitrogens with one attached hydrogen (secondary N) is 1. The number of ether oxygens (including phenoxy) is 3. The van der Waals surface area contributed by atoms with E-state index in [1.54, 1.807) is 20.0 Å². The van der Waals surface area contributed by atoms with Crippen LogP contribution in [-0.4, -0.2) is 84.2 Å². The average molecular weight is 834 g/mol. The molecule has 6 rings (SSSR count).